The van der Waals surface area contributed by atoms with Gasteiger partial charge in [0.15, 0.2) is 0 Å². The molecule has 10 nitrogen and oxygen atoms in total. The van der Waals surface area contributed by atoms with Crippen molar-refractivity contribution in [2.75, 3.05) is 55.7 Å². The van der Waals surface area contributed by atoms with Gasteiger partial charge in [-0.3, -0.25) is 14.9 Å². The van der Waals surface area contributed by atoms with Crippen LogP contribution in [0.1, 0.15) is 47.4 Å². The van der Waals surface area contributed by atoms with E-state index in [0.29, 0.717) is 49.8 Å². The molecule has 0 spiro atoms. The summed E-state index contributed by atoms with van der Waals surface area (Å²) in [6.45, 7) is 8.04. The second-order valence-corrected chi connectivity index (χ2v) is 9.03. The number of nitro groups is 1. The minimum atomic E-state index is -0.456. The van der Waals surface area contributed by atoms with E-state index in [4.69, 9.17) is 4.74 Å². The predicted molar refractivity (Wildman–Crippen MR) is 132 cm³/mol. The lowest BCUT2D eigenvalue weighted by Crippen LogP contribution is -2.49. The summed E-state index contributed by atoms with van der Waals surface area (Å²) in [5, 5.41) is 11.4. The molecular weight excluding hydrogens is 450 g/mol. The Morgan fingerprint density at radius 3 is 2.37 bits per heavy atom. The third-order valence-corrected chi connectivity index (χ3v) is 6.70. The molecule has 1 aromatic carbocycles. The maximum absolute atomic E-state index is 13.5. The highest BCUT2D eigenvalue weighted by Crippen LogP contribution is 2.30. The first kappa shape index (κ1) is 24.4. The summed E-state index contributed by atoms with van der Waals surface area (Å²) in [5.74, 6) is 0.769. The van der Waals surface area contributed by atoms with Crippen LogP contribution in [0.2, 0.25) is 0 Å². The number of esters is 1. The van der Waals surface area contributed by atoms with E-state index in [1.165, 1.54) is 18.3 Å². The highest BCUT2D eigenvalue weighted by Gasteiger charge is 2.28. The summed E-state index contributed by atoms with van der Waals surface area (Å²) in [4.78, 5) is 46.7. The molecule has 0 unspecified atom stereocenters. The van der Waals surface area contributed by atoms with E-state index < -0.39 is 10.9 Å². The van der Waals surface area contributed by atoms with Gasteiger partial charge in [0, 0.05) is 57.6 Å². The largest absolute Gasteiger partial charge is 0.462 e. The van der Waals surface area contributed by atoms with Crippen molar-refractivity contribution in [3.05, 3.63) is 57.8 Å². The lowest BCUT2D eigenvalue weighted by atomic mass is 9.97. The van der Waals surface area contributed by atoms with Crippen LogP contribution in [0.25, 0.3) is 0 Å². The summed E-state index contributed by atoms with van der Waals surface area (Å²) >= 11 is 0. The maximum atomic E-state index is 13.5. The molecule has 2 aliphatic heterocycles. The van der Waals surface area contributed by atoms with Crippen LogP contribution in [0.3, 0.4) is 0 Å². The number of carbonyl (C=O) groups excluding carboxylic acids is 2. The zero-order valence-corrected chi connectivity index (χ0v) is 20.2. The first-order chi connectivity index (χ1) is 16.9. The zero-order valence-electron chi connectivity index (χ0n) is 20.2. The van der Waals surface area contributed by atoms with Gasteiger partial charge in [0.2, 0.25) is 0 Å². The topological polar surface area (TPSA) is 109 Å². The standard InChI is InChI=1S/C25H31N5O5/c1-3-35-25(32)19-4-7-23(26-17-19)28-12-14-29(15-13-28)24(31)21-16-20(30(33)34)5-6-22(21)27-10-8-18(2)9-11-27/h4-7,16-18H,3,8-15H2,1-2H3. The number of anilines is 2. The maximum Gasteiger partial charge on any atom is 0.339 e. The molecule has 0 N–H and O–H groups in total. The fraction of sp³-hybridized carbons (Fsp3) is 0.480. The predicted octanol–water partition coefficient (Wildman–Crippen LogP) is 3.37. The van der Waals surface area contributed by atoms with Crippen LogP contribution in [-0.2, 0) is 4.74 Å². The Bertz CT molecular complexity index is 1070. The Hall–Kier alpha value is -3.69. The van der Waals surface area contributed by atoms with Crippen molar-refractivity contribution in [3.8, 4) is 0 Å². The molecule has 1 aromatic heterocycles. The number of ether oxygens (including phenoxy) is 1. The highest BCUT2D eigenvalue weighted by atomic mass is 16.6. The fourth-order valence-electron chi connectivity index (χ4n) is 4.55. The van der Waals surface area contributed by atoms with E-state index in [0.717, 1.165) is 37.4 Å². The van der Waals surface area contributed by atoms with Gasteiger partial charge in [-0.2, -0.15) is 0 Å². The highest BCUT2D eigenvalue weighted by molar-refractivity contribution is 6.00. The molecule has 2 aliphatic rings. The van der Waals surface area contributed by atoms with Crippen molar-refractivity contribution >= 4 is 29.1 Å². The minimum absolute atomic E-state index is 0.0768. The van der Waals surface area contributed by atoms with Crippen molar-refractivity contribution in [2.24, 2.45) is 5.92 Å². The molecule has 186 valence electrons. The van der Waals surface area contributed by atoms with Gasteiger partial charge in [-0.05, 0) is 43.9 Å². The molecule has 2 aromatic rings. The first-order valence-corrected chi connectivity index (χ1v) is 12.1. The van der Waals surface area contributed by atoms with Gasteiger partial charge in [-0.25, -0.2) is 9.78 Å². The van der Waals surface area contributed by atoms with Gasteiger partial charge >= 0.3 is 5.97 Å². The average molecular weight is 482 g/mol. The van der Waals surface area contributed by atoms with Crippen LogP contribution in [0, 0.1) is 16.0 Å². The number of piperidine rings is 1. The number of nitro benzene ring substituents is 1. The lowest BCUT2D eigenvalue weighted by molar-refractivity contribution is -0.384. The quantitative estimate of drug-likeness (QED) is 0.351. The van der Waals surface area contributed by atoms with Crippen LogP contribution < -0.4 is 9.80 Å². The van der Waals surface area contributed by atoms with Gasteiger partial charge in [-0.1, -0.05) is 6.92 Å². The van der Waals surface area contributed by atoms with Crippen LogP contribution in [0.15, 0.2) is 36.5 Å². The molecule has 10 heteroatoms. The van der Waals surface area contributed by atoms with Gasteiger partial charge in [-0.15, -0.1) is 0 Å². The van der Waals surface area contributed by atoms with Crippen molar-refractivity contribution in [3.63, 3.8) is 0 Å². The third kappa shape index (κ3) is 5.52. The number of aromatic nitrogens is 1. The van der Waals surface area contributed by atoms with E-state index in [2.05, 4.69) is 21.7 Å². The summed E-state index contributed by atoms with van der Waals surface area (Å²) in [7, 11) is 0. The second kappa shape index (κ2) is 10.7. The number of pyridine rings is 1. The zero-order chi connectivity index (χ0) is 24.9. The van der Waals surface area contributed by atoms with Crippen molar-refractivity contribution in [2.45, 2.75) is 26.7 Å². The summed E-state index contributed by atoms with van der Waals surface area (Å²) in [6, 6.07) is 8.07. The number of piperazine rings is 1. The number of benzene rings is 1. The SMILES string of the molecule is CCOC(=O)c1ccc(N2CCN(C(=O)c3cc([N+](=O)[O-])ccc3N3CCC(C)CC3)CC2)nc1. The molecule has 0 saturated carbocycles. The van der Waals surface area contributed by atoms with Crippen LogP contribution >= 0.6 is 0 Å². The number of amides is 1. The number of hydrogen-bond donors (Lipinski definition) is 0. The Kier molecular flexibility index (Phi) is 7.48. The summed E-state index contributed by atoms with van der Waals surface area (Å²) < 4.78 is 5.00. The number of carbonyl (C=O) groups is 2. The Morgan fingerprint density at radius 1 is 1.06 bits per heavy atom. The average Bonchev–Trinajstić information content (AvgIpc) is 2.89. The van der Waals surface area contributed by atoms with Gasteiger partial charge < -0.3 is 19.4 Å². The molecule has 2 fully saturated rings. The molecule has 0 aliphatic carbocycles. The normalized spacial score (nSPS) is 16.8. The van der Waals surface area contributed by atoms with E-state index in [-0.39, 0.29) is 11.6 Å². The van der Waals surface area contributed by atoms with Crippen molar-refractivity contribution < 1.29 is 19.2 Å². The van der Waals surface area contributed by atoms with Gasteiger partial charge in [0.05, 0.1) is 28.3 Å². The van der Waals surface area contributed by atoms with Crippen molar-refractivity contribution in [1.82, 2.24) is 9.88 Å². The smallest absolute Gasteiger partial charge is 0.339 e. The molecule has 3 heterocycles. The Balaban J connectivity index is 1.46. The lowest BCUT2D eigenvalue weighted by Gasteiger charge is -2.37. The van der Waals surface area contributed by atoms with Crippen molar-refractivity contribution in [1.29, 1.82) is 0 Å². The van der Waals surface area contributed by atoms with Crippen LogP contribution in [0.4, 0.5) is 17.2 Å². The third-order valence-electron chi connectivity index (χ3n) is 6.70. The second-order valence-electron chi connectivity index (χ2n) is 9.03. The minimum Gasteiger partial charge on any atom is -0.462 e. The fourth-order valence-corrected chi connectivity index (χ4v) is 4.55. The molecule has 0 bridgehead atoms. The summed E-state index contributed by atoms with van der Waals surface area (Å²) in [6.07, 6.45) is 3.57. The summed E-state index contributed by atoms with van der Waals surface area (Å²) in [5.41, 5.74) is 1.48. The molecule has 35 heavy (non-hydrogen) atoms. The Morgan fingerprint density at radius 2 is 1.77 bits per heavy atom. The van der Waals surface area contributed by atoms with E-state index >= 15 is 0 Å². The molecule has 4 rings (SSSR count). The molecule has 0 radical (unpaired) electrons. The molecule has 1 amide bonds. The van der Waals surface area contributed by atoms with Crippen LogP contribution in [0.5, 0.6) is 0 Å². The first-order valence-electron chi connectivity index (χ1n) is 12.1. The monoisotopic (exact) mass is 481 g/mol. The van der Waals surface area contributed by atoms with E-state index in [1.807, 2.05) is 0 Å². The number of nitrogens with zero attached hydrogens (tertiary/aromatic N) is 5. The number of hydrogen-bond acceptors (Lipinski definition) is 8. The van der Waals surface area contributed by atoms with Gasteiger partial charge in [0.1, 0.15) is 5.82 Å². The molecule has 2 saturated heterocycles. The van der Waals surface area contributed by atoms with E-state index in [9.17, 15) is 19.7 Å². The van der Waals surface area contributed by atoms with E-state index in [1.54, 1.807) is 30.0 Å². The molecule has 0 atom stereocenters. The van der Waals surface area contributed by atoms with Gasteiger partial charge in [0.25, 0.3) is 11.6 Å². The number of rotatable bonds is 6. The molecular formula is C25H31N5O5. The number of non-ortho nitro benzene ring substituents is 1. The Labute approximate surface area is 204 Å². The van der Waals surface area contributed by atoms with Crippen LogP contribution in [-0.4, -0.2) is 72.6 Å².